The highest BCUT2D eigenvalue weighted by Gasteiger charge is 2.37. The van der Waals surface area contributed by atoms with Gasteiger partial charge in [-0.1, -0.05) is 6.07 Å². The van der Waals surface area contributed by atoms with Crippen molar-refractivity contribution in [2.45, 2.75) is 25.1 Å². The second kappa shape index (κ2) is 6.78. The van der Waals surface area contributed by atoms with E-state index in [1.165, 1.54) is 13.2 Å². The first-order valence-corrected chi connectivity index (χ1v) is 7.85. The molecule has 1 aliphatic carbocycles. The van der Waals surface area contributed by atoms with E-state index in [2.05, 4.69) is 15.0 Å². The number of hydrogen-bond donors (Lipinski definition) is 1. The molecule has 0 fully saturated rings. The summed E-state index contributed by atoms with van der Waals surface area (Å²) in [6.45, 7) is 0. The minimum Gasteiger partial charge on any atom is -0.465 e. The van der Waals surface area contributed by atoms with Crippen LogP contribution in [0.1, 0.15) is 50.0 Å². The Morgan fingerprint density at radius 2 is 2.04 bits per heavy atom. The summed E-state index contributed by atoms with van der Waals surface area (Å²) in [6, 6.07) is 6.88. The zero-order valence-electron chi connectivity index (χ0n) is 13.8. The molecule has 1 aromatic heterocycles. The summed E-state index contributed by atoms with van der Waals surface area (Å²) in [5.41, 5.74) is 0.213. The van der Waals surface area contributed by atoms with Crippen LogP contribution in [0.3, 0.4) is 0 Å². The van der Waals surface area contributed by atoms with Crippen molar-refractivity contribution in [2.75, 3.05) is 7.11 Å². The van der Waals surface area contributed by atoms with E-state index >= 15 is 0 Å². The third-order valence-electron chi connectivity index (χ3n) is 4.27. The van der Waals surface area contributed by atoms with Gasteiger partial charge in [-0.3, -0.25) is 9.78 Å². The molecule has 0 aliphatic heterocycles. The van der Waals surface area contributed by atoms with E-state index in [9.17, 15) is 22.8 Å². The molecule has 0 saturated heterocycles. The molecule has 136 valence electrons. The summed E-state index contributed by atoms with van der Waals surface area (Å²) >= 11 is 0. The van der Waals surface area contributed by atoms with Crippen LogP contribution in [0.5, 0.6) is 0 Å². The van der Waals surface area contributed by atoms with Gasteiger partial charge in [-0.25, -0.2) is 4.79 Å². The first-order chi connectivity index (χ1) is 12.3. The van der Waals surface area contributed by atoms with Crippen molar-refractivity contribution < 1.29 is 27.5 Å². The molecule has 2 aromatic rings. The maximum atomic E-state index is 13.0. The summed E-state index contributed by atoms with van der Waals surface area (Å²) in [4.78, 5) is 27.4. The molecular weight excluding hydrogens is 349 g/mol. The Hall–Kier alpha value is -2.90. The number of hydrogen-bond acceptors (Lipinski definition) is 4. The number of carbonyl (C=O) groups is 2. The number of aryl methyl sites for hydroxylation is 1. The fraction of sp³-hybridized carbons (Fsp3) is 0.278. The zero-order chi connectivity index (χ0) is 18.9. The first kappa shape index (κ1) is 17.9. The standard InChI is InChI=1S/C18H15F3N2O3/c1-26-17(25)11-5-4-10-6-7-14(13(10)9-11)23-16(24)12-3-2-8-22-15(12)18(19,20)21/h2-5,8-9,14H,6-7H2,1H3,(H,23,24)/t14-/m1/s1. The highest BCUT2D eigenvalue weighted by Crippen LogP contribution is 2.34. The summed E-state index contributed by atoms with van der Waals surface area (Å²) in [6.07, 6.45) is -2.54. The fourth-order valence-electron chi connectivity index (χ4n) is 3.05. The lowest BCUT2D eigenvalue weighted by Gasteiger charge is -2.17. The smallest absolute Gasteiger partial charge is 0.434 e. The van der Waals surface area contributed by atoms with E-state index in [1.807, 2.05) is 0 Å². The predicted octanol–water partition coefficient (Wildman–Crippen LogP) is 3.30. The molecule has 26 heavy (non-hydrogen) atoms. The average molecular weight is 364 g/mol. The van der Waals surface area contributed by atoms with Crippen molar-refractivity contribution in [2.24, 2.45) is 0 Å². The Bertz CT molecular complexity index is 865. The normalized spacial score (nSPS) is 16.1. The molecular formula is C18H15F3N2O3. The Labute approximate surface area is 147 Å². The molecule has 5 nitrogen and oxygen atoms in total. The number of amides is 1. The highest BCUT2D eigenvalue weighted by molar-refractivity contribution is 5.96. The number of benzene rings is 1. The number of rotatable bonds is 3. The number of halogens is 3. The van der Waals surface area contributed by atoms with Gasteiger partial charge in [0.05, 0.1) is 24.3 Å². The number of ether oxygens (including phenoxy) is 1. The summed E-state index contributed by atoms with van der Waals surface area (Å²) < 4.78 is 43.8. The monoisotopic (exact) mass is 364 g/mol. The van der Waals surface area contributed by atoms with Crippen molar-refractivity contribution in [3.8, 4) is 0 Å². The lowest BCUT2D eigenvalue weighted by Crippen LogP contribution is -2.29. The van der Waals surface area contributed by atoms with Crippen LogP contribution in [0.4, 0.5) is 13.2 Å². The van der Waals surface area contributed by atoms with Crippen LogP contribution in [-0.4, -0.2) is 24.0 Å². The molecule has 1 heterocycles. The Morgan fingerprint density at radius 3 is 2.73 bits per heavy atom. The van der Waals surface area contributed by atoms with Crippen LogP contribution in [0.15, 0.2) is 36.5 Å². The number of fused-ring (bicyclic) bond motifs is 1. The molecule has 1 amide bonds. The second-order valence-electron chi connectivity index (χ2n) is 5.87. The van der Waals surface area contributed by atoms with E-state index in [0.29, 0.717) is 24.0 Å². The summed E-state index contributed by atoms with van der Waals surface area (Å²) in [7, 11) is 1.26. The van der Waals surface area contributed by atoms with Crippen molar-refractivity contribution >= 4 is 11.9 Å². The average Bonchev–Trinajstić information content (AvgIpc) is 3.02. The minimum atomic E-state index is -4.72. The number of carbonyl (C=O) groups excluding carboxylic acids is 2. The number of alkyl halides is 3. The SMILES string of the molecule is COC(=O)c1ccc2c(c1)[C@H](NC(=O)c1cccnc1C(F)(F)F)CC2. The van der Waals surface area contributed by atoms with Gasteiger partial charge in [0.15, 0.2) is 5.69 Å². The van der Waals surface area contributed by atoms with E-state index in [4.69, 9.17) is 0 Å². The Morgan fingerprint density at radius 1 is 1.27 bits per heavy atom. The highest BCUT2D eigenvalue weighted by atomic mass is 19.4. The number of nitrogens with zero attached hydrogens (tertiary/aromatic N) is 1. The quantitative estimate of drug-likeness (QED) is 0.849. The Kier molecular flexibility index (Phi) is 4.67. The van der Waals surface area contributed by atoms with Crippen LogP contribution in [0, 0.1) is 0 Å². The van der Waals surface area contributed by atoms with Gasteiger partial charge in [-0.15, -0.1) is 0 Å². The third-order valence-corrected chi connectivity index (χ3v) is 4.27. The summed E-state index contributed by atoms with van der Waals surface area (Å²) in [5.74, 6) is -1.37. The van der Waals surface area contributed by atoms with Crippen LogP contribution in [0.2, 0.25) is 0 Å². The molecule has 1 N–H and O–H groups in total. The number of pyridine rings is 1. The number of esters is 1. The van der Waals surface area contributed by atoms with Gasteiger partial charge >= 0.3 is 12.1 Å². The third kappa shape index (κ3) is 3.40. The topological polar surface area (TPSA) is 68.3 Å². The predicted molar refractivity (Wildman–Crippen MR) is 85.5 cm³/mol. The van der Waals surface area contributed by atoms with Crippen molar-refractivity contribution in [3.63, 3.8) is 0 Å². The van der Waals surface area contributed by atoms with E-state index in [-0.39, 0.29) is 0 Å². The molecule has 0 saturated carbocycles. The number of aromatic nitrogens is 1. The van der Waals surface area contributed by atoms with Crippen LogP contribution >= 0.6 is 0 Å². The number of nitrogens with one attached hydrogen (secondary N) is 1. The molecule has 1 atom stereocenters. The maximum absolute atomic E-state index is 13.0. The van der Waals surface area contributed by atoms with Crippen molar-refractivity contribution in [3.05, 3.63) is 64.5 Å². The second-order valence-corrected chi connectivity index (χ2v) is 5.87. The van der Waals surface area contributed by atoms with Gasteiger partial charge in [0.2, 0.25) is 0 Å². The first-order valence-electron chi connectivity index (χ1n) is 7.85. The molecule has 0 bridgehead atoms. The minimum absolute atomic E-state index is 0.324. The van der Waals surface area contributed by atoms with Crippen molar-refractivity contribution in [1.29, 1.82) is 0 Å². The Balaban J connectivity index is 1.87. The van der Waals surface area contributed by atoms with Gasteiger partial charge in [0, 0.05) is 6.20 Å². The van der Waals surface area contributed by atoms with Gasteiger partial charge in [0.1, 0.15) is 0 Å². The fourth-order valence-corrected chi connectivity index (χ4v) is 3.05. The van der Waals surface area contributed by atoms with E-state index in [0.717, 1.165) is 17.8 Å². The molecule has 3 rings (SSSR count). The van der Waals surface area contributed by atoms with Crippen LogP contribution in [-0.2, 0) is 17.3 Å². The maximum Gasteiger partial charge on any atom is 0.434 e. The van der Waals surface area contributed by atoms with Gasteiger partial charge in [-0.05, 0) is 48.2 Å². The van der Waals surface area contributed by atoms with E-state index in [1.54, 1.807) is 18.2 Å². The van der Waals surface area contributed by atoms with E-state index < -0.39 is 35.4 Å². The van der Waals surface area contributed by atoms with Crippen LogP contribution < -0.4 is 5.32 Å². The molecule has 1 aliphatic rings. The number of methoxy groups -OCH3 is 1. The lowest BCUT2D eigenvalue weighted by molar-refractivity contribution is -0.141. The molecule has 0 radical (unpaired) electrons. The lowest BCUT2D eigenvalue weighted by atomic mass is 10.0. The van der Waals surface area contributed by atoms with Gasteiger partial charge < -0.3 is 10.1 Å². The zero-order valence-corrected chi connectivity index (χ0v) is 13.8. The molecule has 0 unspecified atom stereocenters. The van der Waals surface area contributed by atoms with Gasteiger partial charge in [0.25, 0.3) is 5.91 Å². The van der Waals surface area contributed by atoms with Crippen LogP contribution in [0.25, 0.3) is 0 Å². The summed E-state index contributed by atoms with van der Waals surface area (Å²) in [5, 5.41) is 2.62. The van der Waals surface area contributed by atoms with Gasteiger partial charge in [-0.2, -0.15) is 13.2 Å². The molecule has 0 spiro atoms. The molecule has 1 aromatic carbocycles. The van der Waals surface area contributed by atoms with Crippen molar-refractivity contribution in [1.82, 2.24) is 10.3 Å². The molecule has 8 heteroatoms. The largest absolute Gasteiger partial charge is 0.465 e.